The fourth-order valence-electron chi connectivity index (χ4n) is 2.09. The van der Waals surface area contributed by atoms with Gasteiger partial charge in [-0.15, -0.1) is 0 Å². The molecule has 1 aliphatic rings. The van der Waals surface area contributed by atoms with Crippen molar-refractivity contribution in [2.75, 3.05) is 6.54 Å². The molecule has 0 heterocycles. The Labute approximate surface area is 119 Å². The van der Waals surface area contributed by atoms with Crippen LogP contribution in [-0.2, 0) is 11.2 Å². The molecule has 2 N–H and O–H groups in total. The average molecular weight is 281 g/mol. The van der Waals surface area contributed by atoms with Gasteiger partial charge in [0.05, 0.1) is 0 Å². The Hall–Kier alpha value is -1.06. The predicted octanol–water partition coefficient (Wildman–Crippen LogP) is 2.53. The summed E-state index contributed by atoms with van der Waals surface area (Å²) < 4.78 is 0. The summed E-state index contributed by atoms with van der Waals surface area (Å²) in [5.41, 5.74) is 1.15. The molecule has 0 bridgehead atoms. The predicted molar refractivity (Wildman–Crippen MR) is 78.4 cm³/mol. The molecule has 1 aromatic carbocycles. The van der Waals surface area contributed by atoms with E-state index in [1.807, 2.05) is 31.2 Å². The Morgan fingerprint density at radius 2 is 2.26 bits per heavy atom. The first-order chi connectivity index (χ1) is 9.13. The highest BCUT2D eigenvalue weighted by molar-refractivity contribution is 6.30. The number of hydrogen-bond acceptors (Lipinski definition) is 2. The van der Waals surface area contributed by atoms with Crippen LogP contribution in [-0.4, -0.2) is 24.5 Å². The lowest BCUT2D eigenvalue weighted by Gasteiger charge is -2.14. The van der Waals surface area contributed by atoms with Crippen LogP contribution < -0.4 is 10.6 Å². The van der Waals surface area contributed by atoms with Crippen LogP contribution in [0.5, 0.6) is 0 Å². The second-order valence-corrected chi connectivity index (χ2v) is 5.72. The van der Waals surface area contributed by atoms with Crippen molar-refractivity contribution < 1.29 is 4.79 Å². The van der Waals surface area contributed by atoms with Crippen molar-refractivity contribution in [3.05, 3.63) is 34.9 Å². The molecule has 4 heteroatoms. The Balaban J connectivity index is 1.67. The second-order valence-electron chi connectivity index (χ2n) is 5.28. The molecule has 1 atom stereocenters. The topological polar surface area (TPSA) is 41.1 Å². The monoisotopic (exact) mass is 280 g/mol. The first-order valence-corrected chi connectivity index (χ1v) is 7.28. The minimum absolute atomic E-state index is 0.114. The number of rotatable bonds is 7. The number of halogens is 1. The van der Waals surface area contributed by atoms with E-state index in [-0.39, 0.29) is 11.9 Å². The summed E-state index contributed by atoms with van der Waals surface area (Å²) in [6.45, 7) is 2.80. The lowest BCUT2D eigenvalue weighted by atomic mass is 10.1. The van der Waals surface area contributed by atoms with Crippen LogP contribution >= 0.6 is 11.6 Å². The fraction of sp³-hybridized carbons (Fsp3) is 0.533. The van der Waals surface area contributed by atoms with Crippen LogP contribution in [0.4, 0.5) is 0 Å². The van der Waals surface area contributed by atoms with Crippen LogP contribution in [0, 0.1) is 0 Å². The molecule has 1 unspecified atom stereocenters. The number of nitrogens with one attached hydrogen (secondary N) is 2. The molecule has 2 rings (SSSR count). The van der Waals surface area contributed by atoms with E-state index in [0.29, 0.717) is 12.5 Å². The van der Waals surface area contributed by atoms with Crippen molar-refractivity contribution in [1.29, 1.82) is 0 Å². The van der Waals surface area contributed by atoms with Gasteiger partial charge in [-0.25, -0.2) is 0 Å². The standard InChI is InChI=1S/C15H21ClN2O/c1-11(9-12-3-2-4-13(16)10-12)18-15(19)7-8-17-14-5-6-14/h2-4,10-11,14,17H,5-9H2,1H3,(H,18,19). The molecule has 1 amide bonds. The summed E-state index contributed by atoms with van der Waals surface area (Å²) in [5, 5.41) is 7.10. The van der Waals surface area contributed by atoms with Gasteiger partial charge in [0.1, 0.15) is 0 Å². The Kier molecular flexibility index (Phi) is 5.23. The molecular weight excluding hydrogens is 260 g/mol. The van der Waals surface area contributed by atoms with Gasteiger partial charge >= 0.3 is 0 Å². The van der Waals surface area contributed by atoms with Crippen molar-refractivity contribution in [2.24, 2.45) is 0 Å². The van der Waals surface area contributed by atoms with Gasteiger partial charge in [-0.05, 0) is 43.9 Å². The van der Waals surface area contributed by atoms with E-state index in [4.69, 9.17) is 11.6 Å². The number of carbonyl (C=O) groups is 1. The smallest absolute Gasteiger partial charge is 0.221 e. The van der Waals surface area contributed by atoms with Crippen LogP contribution in [0.15, 0.2) is 24.3 Å². The zero-order valence-corrected chi connectivity index (χ0v) is 12.0. The van der Waals surface area contributed by atoms with Crippen molar-refractivity contribution >= 4 is 17.5 Å². The van der Waals surface area contributed by atoms with Gasteiger partial charge in [-0.1, -0.05) is 23.7 Å². The third-order valence-corrected chi connectivity index (χ3v) is 3.44. The normalized spacial score (nSPS) is 16.1. The zero-order valence-electron chi connectivity index (χ0n) is 11.3. The molecule has 1 aromatic rings. The Morgan fingerprint density at radius 3 is 2.95 bits per heavy atom. The zero-order chi connectivity index (χ0) is 13.7. The summed E-state index contributed by atoms with van der Waals surface area (Å²) in [7, 11) is 0. The van der Waals surface area contributed by atoms with Crippen LogP contribution in [0.3, 0.4) is 0 Å². The quantitative estimate of drug-likeness (QED) is 0.806. The van der Waals surface area contributed by atoms with E-state index >= 15 is 0 Å². The largest absolute Gasteiger partial charge is 0.353 e. The number of benzene rings is 1. The number of carbonyl (C=O) groups excluding carboxylic acids is 1. The van der Waals surface area contributed by atoms with Crippen molar-refractivity contribution in [3.8, 4) is 0 Å². The molecule has 1 aliphatic carbocycles. The van der Waals surface area contributed by atoms with Gasteiger partial charge in [-0.3, -0.25) is 4.79 Å². The summed E-state index contributed by atoms with van der Waals surface area (Å²) in [4.78, 5) is 11.7. The van der Waals surface area contributed by atoms with Crippen molar-refractivity contribution in [3.63, 3.8) is 0 Å². The first kappa shape index (κ1) is 14.4. The maximum Gasteiger partial charge on any atom is 0.221 e. The third-order valence-electron chi connectivity index (χ3n) is 3.20. The molecule has 19 heavy (non-hydrogen) atoms. The molecular formula is C15H21ClN2O. The molecule has 1 fully saturated rings. The molecule has 1 saturated carbocycles. The number of amides is 1. The highest BCUT2D eigenvalue weighted by Gasteiger charge is 2.20. The molecule has 0 saturated heterocycles. The Bertz CT molecular complexity index is 432. The van der Waals surface area contributed by atoms with Crippen molar-refractivity contribution in [1.82, 2.24) is 10.6 Å². The van der Waals surface area contributed by atoms with Gasteiger partial charge in [0, 0.05) is 30.1 Å². The highest BCUT2D eigenvalue weighted by atomic mass is 35.5. The van der Waals surface area contributed by atoms with Gasteiger partial charge < -0.3 is 10.6 Å². The van der Waals surface area contributed by atoms with E-state index in [1.54, 1.807) is 0 Å². The van der Waals surface area contributed by atoms with Crippen LogP contribution in [0.2, 0.25) is 5.02 Å². The second kappa shape index (κ2) is 6.92. The van der Waals surface area contributed by atoms with Gasteiger partial charge in [0.15, 0.2) is 0 Å². The molecule has 0 aliphatic heterocycles. The summed E-state index contributed by atoms with van der Waals surface area (Å²) in [6, 6.07) is 8.56. The van der Waals surface area contributed by atoms with Crippen LogP contribution in [0.1, 0.15) is 31.7 Å². The Morgan fingerprint density at radius 1 is 1.47 bits per heavy atom. The fourth-order valence-corrected chi connectivity index (χ4v) is 2.31. The molecule has 0 spiro atoms. The highest BCUT2D eigenvalue weighted by Crippen LogP contribution is 2.18. The minimum Gasteiger partial charge on any atom is -0.353 e. The molecule has 0 aromatic heterocycles. The number of hydrogen-bond donors (Lipinski definition) is 2. The third kappa shape index (κ3) is 5.62. The molecule has 104 valence electrons. The molecule has 0 radical (unpaired) electrons. The van der Waals surface area contributed by atoms with E-state index in [9.17, 15) is 4.79 Å². The lowest BCUT2D eigenvalue weighted by molar-refractivity contribution is -0.121. The van der Waals surface area contributed by atoms with E-state index < -0.39 is 0 Å². The SMILES string of the molecule is CC(Cc1cccc(Cl)c1)NC(=O)CCNC1CC1. The summed E-state index contributed by atoms with van der Waals surface area (Å²) >= 11 is 5.94. The minimum atomic E-state index is 0.114. The van der Waals surface area contributed by atoms with Crippen LogP contribution in [0.25, 0.3) is 0 Å². The maximum absolute atomic E-state index is 11.7. The van der Waals surface area contributed by atoms with Gasteiger partial charge in [-0.2, -0.15) is 0 Å². The average Bonchev–Trinajstić information content (AvgIpc) is 3.12. The van der Waals surface area contributed by atoms with E-state index in [1.165, 1.54) is 12.8 Å². The first-order valence-electron chi connectivity index (χ1n) is 6.90. The van der Waals surface area contributed by atoms with Gasteiger partial charge in [0.25, 0.3) is 0 Å². The summed E-state index contributed by atoms with van der Waals surface area (Å²) in [5.74, 6) is 0.114. The molecule has 3 nitrogen and oxygen atoms in total. The van der Waals surface area contributed by atoms with Crippen molar-refractivity contribution in [2.45, 2.75) is 44.7 Å². The maximum atomic E-state index is 11.7. The van der Waals surface area contributed by atoms with E-state index in [0.717, 1.165) is 23.6 Å². The van der Waals surface area contributed by atoms with E-state index in [2.05, 4.69) is 10.6 Å². The van der Waals surface area contributed by atoms with Gasteiger partial charge in [0.2, 0.25) is 5.91 Å². The lowest BCUT2D eigenvalue weighted by Crippen LogP contribution is -2.36. The summed E-state index contributed by atoms with van der Waals surface area (Å²) in [6.07, 6.45) is 3.87.